The van der Waals surface area contributed by atoms with Crippen molar-refractivity contribution in [2.75, 3.05) is 32.9 Å². The molecule has 0 bridgehead atoms. The van der Waals surface area contributed by atoms with Gasteiger partial charge in [0.05, 0.1) is 13.2 Å². The van der Waals surface area contributed by atoms with Crippen LogP contribution in [-0.4, -0.2) is 54.1 Å². The van der Waals surface area contributed by atoms with Crippen LogP contribution in [0.15, 0.2) is 18.3 Å². The first-order valence-corrected chi connectivity index (χ1v) is 6.36. The van der Waals surface area contributed by atoms with Crippen molar-refractivity contribution in [3.8, 4) is 0 Å². The van der Waals surface area contributed by atoms with Gasteiger partial charge in [-0.1, -0.05) is 17.7 Å². The smallest absolute Gasteiger partial charge is 0.395 e. The highest BCUT2D eigenvalue weighted by Gasteiger charge is 2.27. The molecule has 0 aliphatic heterocycles. The van der Waals surface area contributed by atoms with Crippen LogP contribution in [0.2, 0.25) is 5.15 Å². The van der Waals surface area contributed by atoms with E-state index in [1.165, 1.54) is 0 Å². The molecule has 1 N–H and O–H groups in total. The summed E-state index contributed by atoms with van der Waals surface area (Å²) in [6, 6.07) is 3.41. The second-order valence-corrected chi connectivity index (χ2v) is 4.54. The first-order valence-electron chi connectivity index (χ1n) is 5.99. The Balaban J connectivity index is 2.38. The van der Waals surface area contributed by atoms with E-state index in [1.54, 1.807) is 23.2 Å². The summed E-state index contributed by atoms with van der Waals surface area (Å²) in [5.41, 5.74) is 0.860. The molecule has 0 amide bonds. The molecule has 114 valence electrons. The van der Waals surface area contributed by atoms with Crippen LogP contribution < -0.4 is 0 Å². The van der Waals surface area contributed by atoms with Crippen LogP contribution >= 0.6 is 11.6 Å². The molecule has 1 aromatic rings. The summed E-state index contributed by atoms with van der Waals surface area (Å²) >= 11 is 5.66. The van der Waals surface area contributed by atoms with Gasteiger partial charge in [0.15, 0.2) is 0 Å². The van der Waals surface area contributed by atoms with E-state index in [2.05, 4.69) is 9.72 Å². The Hall–Kier alpha value is -0.890. The average molecular weight is 313 g/mol. The molecule has 8 heteroatoms. The first kappa shape index (κ1) is 17.2. The molecule has 1 rings (SSSR count). The molecule has 1 heterocycles. The Morgan fingerprint density at radius 3 is 2.60 bits per heavy atom. The minimum Gasteiger partial charge on any atom is -0.395 e. The summed E-state index contributed by atoms with van der Waals surface area (Å²) in [4.78, 5) is 5.70. The van der Waals surface area contributed by atoms with Gasteiger partial charge in [-0.25, -0.2) is 4.98 Å². The van der Waals surface area contributed by atoms with Gasteiger partial charge in [0.1, 0.15) is 11.8 Å². The second-order valence-electron chi connectivity index (χ2n) is 4.16. The fourth-order valence-electron chi connectivity index (χ4n) is 1.55. The summed E-state index contributed by atoms with van der Waals surface area (Å²) in [5, 5.41) is 9.32. The molecule has 0 aliphatic carbocycles. The zero-order chi connectivity index (χ0) is 15.0. The van der Waals surface area contributed by atoms with Crippen molar-refractivity contribution in [2.24, 2.45) is 0 Å². The monoisotopic (exact) mass is 312 g/mol. The van der Waals surface area contributed by atoms with Crippen LogP contribution in [-0.2, 0) is 11.3 Å². The molecule has 0 radical (unpaired) electrons. The van der Waals surface area contributed by atoms with Gasteiger partial charge in [-0.2, -0.15) is 13.2 Å². The Labute approximate surface area is 120 Å². The fourth-order valence-corrected chi connectivity index (χ4v) is 1.66. The molecule has 0 aliphatic rings. The predicted octanol–water partition coefficient (Wildman–Crippen LogP) is 2.11. The maximum Gasteiger partial charge on any atom is 0.411 e. The zero-order valence-corrected chi connectivity index (χ0v) is 11.5. The highest BCUT2D eigenvalue weighted by atomic mass is 35.5. The molecular weight excluding hydrogens is 297 g/mol. The maximum atomic E-state index is 11.9. The van der Waals surface area contributed by atoms with Crippen LogP contribution in [0.3, 0.4) is 0 Å². The Bertz CT molecular complexity index is 387. The van der Waals surface area contributed by atoms with E-state index in [4.69, 9.17) is 16.7 Å². The number of rotatable bonds is 8. The van der Waals surface area contributed by atoms with E-state index in [9.17, 15) is 13.2 Å². The number of aliphatic hydroxyl groups excluding tert-OH is 1. The topological polar surface area (TPSA) is 45.6 Å². The third kappa shape index (κ3) is 7.64. The zero-order valence-electron chi connectivity index (χ0n) is 10.7. The maximum absolute atomic E-state index is 11.9. The van der Waals surface area contributed by atoms with Crippen molar-refractivity contribution < 1.29 is 23.0 Å². The molecule has 0 aromatic carbocycles. The van der Waals surface area contributed by atoms with E-state index in [0.717, 1.165) is 5.56 Å². The molecule has 4 nitrogen and oxygen atoms in total. The van der Waals surface area contributed by atoms with E-state index >= 15 is 0 Å². The molecule has 0 saturated carbocycles. The number of pyridine rings is 1. The van der Waals surface area contributed by atoms with Crippen molar-refractivity contribution in [3.63, 3.8) is 0 Å². The number of hydrogen-bond donors (Lipinski definition) is 1. The van der Waals surface area contributed by atoms with Gasteiger partial charge in [-0.05, 0) is 11.6 Å². The highest BCUT2D eigenvalue weighted by molar-refractivity contribution is 6.29. The average Bonchev–Trinajstić information content (AvgIpc) is 2.36. The number of halogens is 4. The fraction of sp³-hybridized carbons (Fsp3) is 0.583. The largest absolute Gasteiger partial charge is 0.411 e. The lowest BCUT2D eigenvalue weighted by atomic mass is 10.2. The Morgan fingerprint density at radius 1 is 1.30 bits per heavy atom. The van der Waals surface area contributed by atoms with Crippen molar-refractivity contribution in [3.05, 3.63) is 29.0 Å². The lowest BCUT2D eigenvalue weighted by molar-refractivity contribution is -0.174. The number of nitrogens with zero attached hydrogens (tertiary/aromatic N) is 2. The van der Waals surface area contributed by atoms with Gasteiger partial charge < -0.3 is 9.84 Å². The Kier molecular flexibility index (Phi) is 7.22. The van der Waals surface area contributed by atoms with Crippen LogP contribution in [0.4, 0.5) is 13.2 Å². The molecule has 0 unspecified atom stereocenters. The third-order valence-electron chi connectivity index (χ3n) is 2.43. The quantitative estimate of drug-likeness (QED) is 0.590. The van der Waals surface area contributed by atoms with Crippen molar-refractivity contribution in [1.82, 2.24) is 9.88 Å². The van der Waals surface area contributed by atoms with Gasteiger partial charge in [0.25, 0.3) is 0 Å². The van der Waals surface area contributed by atoms with Crippen molar-refractivity contribution >= 4 is 11.6 Å². The number of hydrogen-bond acceptors (Lipinski definition) is 4. The van der Waals surface area contributed by atoms with Crippen molar-refractivity contribution in [2.45, 2.75) is 12.7 Å². The summed E-state index contributed by atoms with van der Waals surface area (Å²) < 4.78 is 40.3. The van der Waals surface area contributed by atoms with E-state index in [1.807, 2.05) is 0 Å². The minimum atomic E-state index is -4.32. The van der Waals surface area contributed by atoms with Gasteiger partial charge in [-0.3, -0.25) is 4.90 Å². The number of aliphatic hydroxyl groups is 1. The summed E-state index contributed by atoms with van der Waals surface area (Å²) in [7, 11) is 0. The normalized spacial score (nSPS) is 12.1. The van der Waals surface area contributed by atoms with E-state index in [0.29, 0.717) is 24.8 Å². The summed E-state index contributed by atoms with van der Waals surface area (Å²) in [6.45, 7) is -0.305. The standard InChI is InChI=1S/C12H16ClF3N2O2/c13-11-2-1-10(7-17-11)8-18(3-5-19)4-6-20-9-12(14,15)16/h1-2,7,19H,3-6,8-9H2. The van der Waals surface area contributed by atoms with E-state index in [-0.39, 0.29) is 13.2 Å². The van der Waals surface area contributed by atoms with Crippen LogP contribution in [0, 0.1) is 0 Å². The molecule has 0 atom stereocenters. The number of aromatic nitrogens is 1. The van der Waals surface area contributed by atoms with Crippen molar-refractivity contribution in [1.29, 1.82) is 0 Å². The summed E-state index contributed by atoms with van der Waals surface area (Å²) in [5.74, 6) is 0. The van der Waals surface area contributed by atoms with Gasteiger partial charge >= 0.3 is 6.18 Å². The minimum absolute atomic E-state index is 0.0550. The van der Waals surface area contributed by atoms with Crippen LogP contribution in [0.25, 0.3) is 0 Å². The highest BCUT2D eigenvalue weighted by Crippen LogP contribution is 2.14. The number of alkyl halides is 3. The molecule has 1 aromatic heterocycles. The molecular formula is C12H16ClF3N2O2. The first-order chi connectivity index (χ1) is 9.40. The third-order valence-corrected chi connectivity index (χ3v) is 2.65. The molecule has 0 spiro atoms. The van der Waals surface area contributed by atoms with Gasteiger partial charge in [-0.15, -0.1) is 0 Å². The molecule has 20 heavy (non-hydrogen) atoms. The Morgan fingerprint density at radius 2 is 2.05 bits per heavy atom. The van der Waals surface area contributed by atoms with Crippen LogP contribution in [0.5, 0.6) is 0 Å². The van der Waals surface area contributed by atoms with Gasteiger partial charge in [0, 0.05) is 25.8 Å². The van der Waals surface area contributed by atoms with Gasteiger partial charge in [0.2, 0.25) is 0 Å². The SMILES string of the molecule is OCCN(CCOCC(F)(F)F)Cc1ccc(Cl)nc1. The molecule has 0 saturated heterocycles. The second kappa shape index (κ2) is 8.41. The molecule has 0 fully saturated rings. The predicted molar refractivity (Wildman–Crippen MR) is 68.5 cm³/mol. The summed E-state index contributed by atoms with van der Waals surface area (Å²) in [6.07, 6.45) is -2.73. The lowest BCUT2D eigenvalue weighted by Crippen LogP contribution is -2.31. The van der Waals surface area contributed by atoms with E-state index < -0.39 is 12.8 Å². The van der Waals surface area contributed by atoms with Crippen LogP contribution in [0.1, 0.15) is 5.56 Å². The lowest BCUT2D eigenvalue weighted by Gasteiger charge is -2.21. The number of ether oxygens (including phenoxy) is 1.